The van der Waals surface area contributed by atoms with Crippen LogP contribution in [0.25, 0.3) is 16.8 Å². The number of fused-ring (bicyclic) bond motifs is 1. The minimum atomic E-state index is -0.639. The maximum absolute atomic E-state index is 12.6. The highest BCUT2D eigenvalue weighted by Crippen LogP contribution is 2.31. The molecule has 0 unspecified atom stereocenters. The highest BCUT2D eigenvalue weighted by atomic mass is 16.6. The second-order valence-corrected chi connectivity index (χ2v) is 7.77. The zero-order chi connectivity index (χ0) is 25.5. The number of nitrogens with zero attached hydrogens (tertiary/aromatic N) is 2. The Balaban J connectivity index is 1.54. The smallest absolute Gasteiger partial charge is 0.269 e. The molecule has 8 nitrogen and oxygen atoms in total. The number of hydrogen-bond donors (Lipinski definition) is 1. The lowest BCUT2D eigenvalue weighted by atomic mass is 10.1. The van der Waals surface area contributed by atoms with Gasteiger partial charge in [0.15, 0.2) is 11.5 Å². The van der Waals surface area contributed by atoms with Crippen molar-refractivity contribution in [1.82, 2.24) is 0 Å². The van der Waals surface area contributed by atoms with E-state index in [1.54, 1.807) is 18.2 Å². The Morgan fingerprint density at radius 2 is 1.78 bits per heavy atom. The molecule has 0 saturated carbocycles. The van der Waals surface area contributed by atoms with Crippen molar-refractivity contribution >= 4 is 34.1 Å². The number of rotatable bonds is 8. The molecular weight excluding hydrogens is 458 g/mol. The van der Waals surface area contributed by atoms with Gasteiger partial charge in [-0.15, -0.1) is 0 Å². The summed E-state index contributed by atoms with van der Waals surface area (Å²) in [4.78, 5) is 22.9. The Morgan fingerprint density at radius 3 is 2.50 bits per heavy atom. The Hall–Kier alpha value is -5.16. The summed E-state index contributed by atoms with van der Waals surface area (Å²) < 4.78 is 11.5. The molecule has 8 heteroatoms. The van der Waals surface area contributed by atoms with Gasteiger partial charge in [0.2, 0.25) is 0 Å². The van der Waals surface area contributed by atoms with E-state index in [1.807, 2.05) is 48.5 Å². The molecule has 0 aliphatic rings. The van der Waals surface area contributed by atoms with Crippen LogP contribution in [-0.4, -0.2) is 17.9 Å². The normalized spacial score (nSPS) is 10.9. The fourth-order valence-corrected chi connectivity index (χ4v) is 3.65. The molecule has 4 rings (SSSR count). The van der Waals surface area contributed by atoms with Gasteiger partial charge in [0.25, 0.3) is 11.6 Å². The number of methoxy groups -OCH3 is 1. The molecular formula is C28H21N3O5. The Bertz CT molecular complexity index is 1500. The minimum Gasteiger partial charge on any atom is -0.493 e. The van der Waals surface area contributed by atoms with Gasteiger partial charge in [0, 0.05) is 17.8 Å². The Labute approximate surface area is 207 Å². The van der Waals surface area contributed by atoms with Crippen molar-refractivity contribution in [2.75, 3.05) is 12.4 Å². The van der Waals surface area contributed by atoms with Gasteiger partial charge in [-0.25, -0.2) is 0 Å². The third-order valence-corrected chi connectivity index (χ3v) is 5.46. The number of amides is 1. The number of ether oxygens (including phenoxy) is 2. The summed E-state index contributed by atoms with van der Waals surface area (Å²) in [7, 11) is 1.54. The van der Waals surface area contributed by atoms with Gasteiger partial charge in [-0.1, -0.05) is 48.5 Å². The highest BCUT2D eigenvalue weighted by Gasteiger charge is 2.13. The number of hydrogen-bond acceptors (Lipinski definition) is 6. The van der Waals surface area contributed by atoms with E-state index in [-0.39, 0.29) is 11.3 Å². The number of benzene rings is 4. The lowest BCUT2D eigenvalue weighted by Crippen LogP contribution is -2.13. The molecule has 178 valence electrons. The van der Waals surface area contributed by atoms with Crippen LogP contribution in [0.2, 0.25) is 0 Å². The standard InChI is InChI=1S/C28H21N3O5/c1-35-26-14-9-19(15-22(17-29)28(32)30-23-10-12-24(13-11-23)31(33)34)16-27(26)36-18-21-7-4-6-20-5-2-3-8-25(20)21/h2-16H,18H2,1H3,(H,30,32)/b22-15-. The van der Waals surface area contributed by atoms with E-state index in [9.17, 15) is 20.2 Å². The maximum atomic E-state index is 12.6. The summed E-state index contributed by atoms with van der Waals surface area (Å²) in [5.74, 6) is 0.342. The largest absolute Gasteiger partial charge is 0.493 e. The summed E-state index contributed by atoms with van der Waals surface area (Å²) in [6, 6.07) is 26.4. The van der Waals surface area contributed by atoms with Crippen molar-refractivity contribution < 1.29 is 19.2 Å². The van der Waals surface area contributed by atoms with E-state index in [1.165, 1.54) is 37.5 Å². The minimum absolute atomic E-state index is 0.0988. The molecule has 0 bridgehead atoms. The van der Waals surface area contributed by atoms with Crippen molar-refractivity contribution in [3.63, 3.8) is 0 Å². The molecule has 0 fully saturated rings. The van der Waals surface area contributed by atoms with Gasteiger partial charge in [-0.05, 0) is 52.2 Å². The van der Waals surface area contributed by atoms with Gasteiger partial charge < -0.3 is 14.8 Å². The molecule has 4 aromatic carbocycles. The van der Waals surface area contributed by atoms with Gasteiger partial charge in [-0.2, -0.15) is 5.26 Å². The number of anilines is 1. The third kappa shape index (κ3) is 5.48. The quantitative estimate of drug-likeness (QED) is 0.146. The van der Waals surface area contributed by atoms with E-state index in [0.717, 1.165) is 16.3 Å². The number of nitriles is 1. The molecule has 1 N–H and O–H groups in total. The van der Waals surface area contributed by atoms with Crippen LogP contribution in [0.15, 0.2) is 90.5 Å². The molecule has 0 aromatic heterocycles. The molecule has 36 heavy (non-hydrogen) atoms. The predicted molar refractivity (Wildman–Crippen MR) is 137 cm³/mol. The van der Waals surface area contributed by atoms with Crippen LogP contribution < -0.4 is 14.8 Å². The van der Waals surface area contributed by atoms with Crippen LogP contribution in [0.3, 0.4) is 0 Å². The number of nitro benzene ring substituents is 1. The molecule has 1 amide bonds. The molecule has 0 saturated heterocycles. The van der Waals surface area contributed by atoms with Crippen LogP contribution in [-0.2, 0) is 11.4 Å². The number of carbonyl (C=O) groups is 1. The second-order valence-electron chi connectivity index (χ2n) is 7.77. The molecule has 0 atom stereocenters. The van der Waals surface area contributed by atoms with Gasteiger partial charge in [0.1, 0.15) is 18.2 Å². The van der Waals surface area contributed by atoms with Gasteiger partial charge in [-0.3, -0.25) is 14.9 Å². The number of nitro groups is 1. The average Bonchev–Trinajstić information content (AvgIpc) is 2.90. The van der Waals surface area contributed by atoms with Crippen LogP contribution in [0.4, 0.5) is 11.4 Å². The second kappa shape index (κ2) is 10.8. The van der Waals surface area contributed by atoms with Crippen molar-refractivity contribution in [2.24, 2.45) is 0 Å². The number of non-ortho nitro benzene ring substituents is 1. The van der Waals surface area contributed by atoms with Crippen molar-refractivity contribution in [1.29, 1.82) is 5.26 Å². The topological polar surface area (TPSA) is 114 Å². The van der Waals surface area contributed by atoms with Crippen molar-refractivity contribution in [3.8, 4) is 17.6 Å². The molecule has 0 aliphatic carbocycles. The van der Waals surface area contributed by atoms with Crippen LogP contribution in [0.5, 0.6) is 11.5 Å². The summed E-state index contributed by atoms with van der Waals surface area (Å²) in [6.07, 6.45) is 1.44. The van der Waals surface area contributed by atoms with Crippen molar-refractivity contribution in [2.45, 2.75) is 6.61 Å². The SMILES string of the molecule is COc1ccc(/C=C(/C#N)C(=O)Nc2ccc([N+](=O)[O-])cc2)cc1OCc1cccc2ccccc12. The Morgan fingerprint density at radius 1 is 1.03 bits per heavy atom. The molecule has 4 aromatic rings. The first-order valence-electron chi connectivity index (χ1n) is 10.9. The molecule has 0 heterocycles. The Kier molecular flexibility index (Phi) is 7.22. The summed E-state index contributed by atoms with van der Waals surface area (Å²) in [5.41, 5.74) is 1.67. The predicted octanol–water partition coefficient (Wildman–Crippen LogP) is 5.88. The van der Waals surface area contributed by atoms with E-state index in [0.29, 0.717) is 29.4 Å². The summed E-state index contributed by atoms with van der Waals surface area (Å²) >= 11 is 0. The first-order chi connectivity index (χ1) is 17.5. The summed E-state index contributed by atoms with van der Waals surface area (Å²) in [5, 5.41) is 25.1. The first-order valence-corrected chi connectivity index (χ1v) is 10.9. The lowest BCUT2D eigenvalue weighted by Gasteiger charge is -2.13. The molecule has 0 spiro atoms. The fraction of sp³-hybridized carbons (Fsp3) is 0.0714. The number of carbonyl (C=O) groups excluding carboxylic acids is 1. The summed E-state index contributed by atoms with van der Waals surface area (Å²) in [6.45, 7) is 0.302. The first kappa shape index (κ1) is 24.0. The molecule has 0 aliphatic heterocycles. The highest BCUT2D eigenvalue weighted by molar-refractivity contribution is 6.09. The third-order valence-electron chi connectivity index (χ3n) is 5.46. The van der Waals surface area contributed by atoms with Crippen LogP contribution >= 0.6 is 0 Å². The lowest BCUT2D eigenvalue weighted by molar-refractivity contribution is -0.384. The molecule has 0 radical (unpaired) electrons. The average molecular weight is 479 g/mol. The van der Waals surface area contributed by atoms with Crippen LogP contribution in [0.1, 0.15) is 11.1 Å². The zero-order valence-corrected chi connectivity index (χ0v) is 19.3. The maximum Gasteiger partial charge on any atom is 0.269 e. The van der Waals surface area contributed by atoms with E-state index >= 15 is 0 Å². The van der Waals surface area contributed by atoms with E-state index in [4.69, 9.17) is 9.47 Å². The monoisotopic (exact) mass is 479 g/mol. The van der Waals surface area contributed by atoms with Crippen molar-refractivity contribution in [3.05, 3.63) is 112 Å². The van der Waals surface area contributed by atoms with E-state index < -0.39 is 10.8 Å². The number of nitrogens with one attached hydrogen (secondary N) is 1. The van der Waals surface area contributed by atoms with Gasteiger partial charge >= 0.3 is 0 Å². The van der Waals surface area contributed by atoms with E-state index in [2.05, 4.69) is 5.32 Å². The fourth-order valence-electron chi connectivity index (χ4n) is 3.65. The van der Waals surface area contributed by atoms with Gasteiger partial charge in [0.05, 0.1) is 12.0 Å². The van der Waals surface area contributed by atoms with Crippen LogP contribution in [0, 0.1) is 21.4 Å². The zero-order valence-electron chi connectivity index (χ0n) is 19.3.